The van der Waals surface area contributed by atoms with Crippen molar-refractivity contribution in [2.24, 2.45) is 5.92 Å². The Morgan fingerprint density at radius 3 is 2.70 bits per heavy atom. The molecule has 0 saturated heterocycles. The first kappa shape index (κ1) is 15.2. The van der Waals surface area contributed by atoms with E-state index in [1.54, 1.807) is 6.07 Å². The maximum Gasteiger partial charge on any atom is 0.573 e. The van der Waals surface area contributed by atoms with Gasteiger partial charge >= 0.3 is 6.36 Å². The van der Waals surface area contributed by atoms with E-state index < -0.39 is 6.36 Å². The van der Waals surface area contributed by atoms with Crippen molar-refractivity contribution in [2.45, 2.75) is 45.0 Å². The van der Waals surface area contributed by atoms with Crippen LogP contribution in [0.25, 0.3) is 0 Å². The monoisotopic (exact) mass is 287 g/mol. The summed E-state index contributed by atoms with van der Waals surface area (Å²) in [5.41, 5.74) is 0.925. The van der Waals surface area contributed by atoms with Crippen molar-refractivity contribution in [2.75, 3.05) is 6.54 Å². The summed E-state index contributed by atoms with van der Waals surface area (Å²) in [7, 11) is 0. The molecule has 0 radical (unpaired) electrons. The second-order valence-electron chi connectivity index (χ2n) is 5.38. The number of alkyl halides is 3. The molecule has 0 heterocycles. The SMILES string of the molecule is CCCNC1CC(c2cccc(OC(F)(F)F)c2)C1C. The Hall–Kier alpha value is -1.23. The minimum atomic E-state index is -4.63. The van der Waals surface area contributed by atoms with Gasteiger partial charge in [0.25, 0.3) is 0 Å². The van der Waals surface area contributed by atoms with Gasteiger partial charge in [-0.2, -0.15) is 0 Å². The number of ether oxygens (including phenoxy) is 1. The van der Waals surface area contributed by atoms with Gasteiger partial charge in [-0.25, -0.2) is 0 Å². The van der Waals surface area contributed by atoms with Gasteiger partial charge in [-0.05, 0) is 48.9 Å². The fraction of sp³-hybridized carbons (Fsp3) is 0.600. The molecule has 20 heavy (non-hydrogen) atoms. The smallest absolute Gasteiger partial charge is 0.406 e. The number of benzene rings is 1. The zero-order chi connectivity index (χ0) is 14.8. The standard InChI is InChI=1S/C15H20F3NO/c1-3-7-19-14-9-13(10(14)2)11-5-4-6-12(8-11)20-15(16,17)18/h4-6,8,10,13-14,19H,3,7,9H2,1-2H3. The van der Waals surface area contributed by atoms with E-state index in [1.165, 1.54) is 12.1 Å². The Balaban J connectivity index is 1.99. The van der Waals surface area contributed by atoms with Crippen LogP contribution < -0.4 is 10.1 Å². The van der Waals surface area contributed by atoms with Crippen LogP contribution in [0.4, 0.5) is 13.2 Å². The highest BCUT2D eigenvalue weighted by molar-refractivity contribution is 5.33. The van der Waals surface area contributed by atoms with Crippen LogP contribution in [-0.2, 0) is 0 Å². The van der Waals surface area contributed by atoms with E-state index in [9.17, 15) is 13.2 Å². The Kier molecular flexibility index (Phi) is 4.58. The lowest BCUT2D eigenvalue weighted by Crippen LogP contribution is -2.48. The van der Waals surface area contributed by atoms with Gasteiger partial charge in [0, 0.05) is 6.04 Å². The number of hydrogen-bond acceptors (Lipinski definition) is 2. The first-order chi connectivity index (χ1) is 9.40. The molecule has 1 aromatic rings. The lowest BCUT2D eigenvalue weighted by Gasteiger charge is -2.44. The minimum Gasteiger partial charge on any atom is -0.406 e. The summed E-state index contributed by atoms with van der Waals surface area (Å²) < 4.78 is 40.6. The molecule has 3 atom stereocenters. The third-order valence-electron chi connectivity index (χ3n) is 3.95. The lowest BCUT2D eigenvalue weighted by atomic mass is 9.67. The fourth-order valence-electron chi connectivity index (χ4n) is 2.77. The summed E-state index contributed by atoms with van der Waals surface area (Å²) in [6, 6.07) is 6.81. The molecule has 1 aliphatic carbocycles. The highest BCUT2D eigenvalue weighted by atomic mass is 19.4. The van der Waals surface area contributed by atoms with Gasteiger partial charge in [0.1, 0.15) is 5.75 Å². The normalized spacial score (nSPS) is 26.1. The van der Waals surface area contributed by atoms with Crippen LogP contribution in [0.1, 0.15) is 38.2 Å². The van der Waals surface area contributed by atoms with Gasteiger partial charge in [0.05, 0.1) is 0 Å². The van der Waals surface area contributed by atoms with Gasteiger partial charge in [-0.3, -0.25) is 0 Å². The molecular formula is C15H20F3NO. The Labute approximate surface area is 117 Å². The summed E-state index contributed by atoms with van der Waals surface area (Å²) in [5.74, 6) is 0.607. The number of rotatable bonds is 5. The molecule has 0 bridgehead atoms. The molecule has 1 aromatic carbocycles. The maximum atomic E-state index is 12.2. The molecule has 1 N–H and O–H groups in total. The van der Waals surface area contributed by atoms with Crippen molar-refractivity contribution < 1.29 is 17.9 Å². The lowest BCUT2D eigenvalue weighted by molar-refractivity contribution is -0.274. The number of halogens is 3. The maximum absolute atomic E-state index is 12.2. The molecule has 0 aromatic heterocycles. The summed E-state index contributed by atoms with van der Waals surface area (Å²) >= 11 is 0. The highest BCUT2D eigenvalue weighted by Gasteiger charge is 2.38. The minimum absolute atomic E-state index is 0.132. The van der Waals surface area contributed by atoms with Gasteiger partial charge in [0.2, 0.25) is 0 Å². The molecule has 5 heteroatoms. The van der Waals surface area contributed by atoms with Crippen LogP contribution in [0.3, 0.4) is 0 Å². The number of hydrogen-bond donors (Lipinski definition) is 1. The van der Waals surface area contributed by atoms with Crippen molar-refractivity contribution in [3.8, 4) is 5.75 Å². The molecule has 2 nitrogen and oxygen atoms in total. The van der Waals surface area contributed by atoms with Gasteiger partial charge in [-0.1, -0.05) is 26.0 Å². The van der Waals surface area contributed by atoms with Crippen LogP contribution in [-0.4, -0.2) is 18.9 Å². The average molecular weight is 287 g/mol. The zero-order valence-electron chi connectivity index (χ0n) is 11.7. The summed E-state index contributed by atoms with van der Waals surface area (Å²) in [5, 5.41) is 3.46. The molecular weight excluding hydrogens is 267 g/mol. The van der Waals surface area contributed by atoms with E-state index in [4.69, 9.17) is 0 Å². The molecule has 0 spiro atoms. The van der Waals surface area contributed by atoms with Crippen LogP contribution in [0.15, 0.2) is 24.3 Å². The largest absolute Gasteiger partial charge is 0.573 e. The van der Waals surface area contributed by atoms with Crippen molar-refractivity contribution in [3.63, 3.8) is 0 Å². The predicted octanol–water partition coefficient (Wildman–Crippen LogP) is 4.08. The van der Waals surface area contributed by atoms with Gasteiger partial charge in [0.15, 0.2) is 0 Å². The third kappa shape index (κ3) is 3.66. The second-order valence-corrected chi connectivity index (χ2v) is 5.38. The van der Waals surface area contributed by atoms with Crippen LogP contribution in [0.5, 0.6) is 5.75 Å². The summed E-state index contributed by atoms with van der Waals surface area (Å²) in [4.78, 5) is 0. The molecule has 1 saturated carbocycles. The van der Waals surface area contributed by atoms with Crippen molar-refractivity contribution in [1.82, 2.24) is 5.32 Å². The van der Waals surface area contributed by atoms with Gasteiger partial charge in [-0.15, -0.1) is 13.2 Å². The molecule has 0 aliphatic heterocycles. The molecule has 3 unspecified atom stereocenters. The predicted molar refractivity (Wildman–Crippen MR) is 71.7 cm³/mol. The molecule has 1 aliphatic rings. The highest BCUT2D eigenvalue weighted by Crippen LogP contribution is 2.43. The molecule has 0 amide bonds. The quantitative estimate of drug-likeness (QED) is 0.881. The van der Waals surface area contributed by atoms with Crippen molar-refractivity contribution in [1.29, 1.82) is 0 Å². The van der Waals surface area contributed by atoms with E-state index in [2.05, 4.69) is 23.9 Å². The van der Waals surface area contributed by atoms with Gasteiger partial charge < -0.3 is 10.1 Å². The van der Waals surface area contributed by atoms with Crippen LogP contribution in [0.2, 0.25) is 0 Å². The summed E-state index contributed by atoms with van der Waals surface area (Å²) in [6.07, 6.45) is -2.57. The molecule has 112 valence electrons. The first-order valence-corrected chi connectivity index (χ1v) is 7.00. The molecule has 1 fully saturated rings. The topological polar surface area (TPSA) is 21.3 Å². The van der Waals surface area contributed by atoms with Crippen molar-refractivity contribution >= 4 is 0 Å². The Bertz CT molecular complexity index is 447. The van der Waals surface area contributed by atoms with Crippen molar-refractivity contribution in [3.05, 3.63) is 29.8 Å². The average Bonchev–Trinajstić information content (AvgIpc) is 2.35. The van der Waals surface area contributed by atoms with E-state index in [0.29, 0.717) is 17.9 Å². The first-order valence-electron chi connectivity index (χ1n) is 7.00. The van der Waals surface area contributed by atoms with E-state index in [1.807, 2.05) is 6.07 Å². The number of nitrogens with one attached hydrogen (secondary N) is 1. The summed E-state index contributed by atoms with van der Waals surface area (Å²) in [6.45, 7) is 5.24. The van der Waals surface area contributed by atoms with E-state index in [0.717, 1.165) is 24.9 Å². The Morgan fingerprint density at radius 1 is 1.35 bits per heavy atom. The second kappa shape index (κ2) is 6.04. The molecule has 2 rings (SSSR count). The van der Waals surface area contributed by atoms with Crippen LogP contribution in [0, 0.1) is 5.92 Å². The zero-order valence-corrected chi connectivity index (χ0v) is 11.7. The Morgan fingerprint density at radius 2 is 2.10 bits per heavy atom. The fourth-order valence-corrected chi connectivity index (χ4v) is 2.77. The van der Waals surface area contributed by atoms with E-state index in [-0.39, 0.29) is 5.75 Å². The van der Waals surface area contributed by atoms with E-state index >= 15 is 0 Å². The van der Waals surface area contributed by atoms with Crippen LogP contribution >= 0.6 is 0 Å². The third-order valence-corrected chi connectivity index (χ3v) is 3.95.